The first-order valence-corrected chi connectivity index (χ1v) is 3.82. The second-order valence-electron chi connectivity index (χ2n) is 3.08. The molecule has 0 amide bonds. The first kappa shape index (κ1) is 6.68. The lowest BCUT2D eigenvalue weighted by atomic mass is 10.1. The third kappa shape index (κ3) is 0.994. The van der Waals surface area contributed by atoms with E-state index in [2.05, 4.69) is 0 Å². The van der Waals surface area contributed by atoms with Crippen LogP contribution in [0.25, 0.3) is 0 Å². The van der Waals surface area contributed by atoms with Crippen molar-refractivity contribution in [3.63, 3.8) is 0 Å². The fraction of sp³-hybridized carbons (Fsp3) is 0.333. The molecule has 0 spiro atoms. The highest BCUT2D eigenvalue weighted by atomic mass is 16.3. The van der Waals surface area contributed by atoms with Gasteiger partial charge in [0.25, 0.3) is 0 Å². The summed E-state index contributed by atoms with van der Waals surface area (Å²) >= 11 is 0. The molecule has 1 aromatic carbocycles. The molecule has 0 saturated heterocycles. The normalized spacial score (nSPS) is 21.7. The maximum Gasteiger partial charge on any atom is 0.119 e. The van der Waals surface area contributed by atoms with Gasteiger partial charge in [0.15, 0.2) is 0 Å². The number of phenolic OH excluding ortho intramolecular Hbond substituents is 1. The lowest BCUT2D eigenvalue weighted by molar-refractivity contribution is 0.468. The topological polar surface area (TPSA) is 46.2 Å². The predicted octanol–water partition coefficient (Wildman–Crippen LogP) is 0.818. The summed E-state index contributed by atoms with van der Waals surface area (Å²) in [5, 5.41) is 9.39. The zero-order valence-electron chi connectivity index (χ0n) is 6.25. The van der Waals surface area contributed by atoms with Crippen LogP contribution < -0.4 is 5.73 Å². The minimum Gasteiger partial charge on any atom is -0.508 e. The van der Waals surface area contributed by atoms with Crippen molar-refractivity contribution < 1.29 is 5.11 Å². The van der Waals surface area contributed by atoms with Crippen molar-refractivity contribution in [2.24, 2.45) is 5.73 Å². The Hall–Kier alpha value is -1.02. The van der Waals surface area contributed by atoms with Gasteiger partial charge in [-0.3, -0.25) is 0 Å². The molecule has 0 aliphatic heterocycles. The smallest absolute Gasteiger partial charge is 0.119 e. The Balaban J connectivity index is 2.49. The number of benzene rings is 1. The van der Waals surface area contributed by atoms with Crippen LogP contribution in [0, 0.1) is 0 Å². The molecule has 58 valence electrons. The summed E-state index contributed by atoms with van der Waals surface area (Å²) in [6.45, 7) is 0. The molecule has 1 aromatic rings. The van der Waals surface area contributed by atoms with E-state index in [-0.39, 0.29) is 6.04 Å². The molecular formula is C9H11NO. The SMILES string of the molecule is NC1Cc2cccc(O)c2C1. The maximum absolute atomic E-state index is 9.39. The second-order valence-corrected chi connectivity index (χ2v) is 3.08. The molecule has 0 fully saturated rings. The van der Waals surface area contributed by atoms with Crippen molar-refractivity contribution in [3.05, 3.63) is 29.3 Å². The average Bonchev–Trinajstić information content (AvgIpc) is 2.31. The van der Waals surface area contributed by atoms with Crippen LogP contribution in [0.3, 0.4) is 0 Å². The molecule has 0 radical (unpaired) electrons. The van der Waals surface area contributed by atoms with Gasteiger partial charge >= 0.3 is 0 Å². The van der Waals surface area contributed by atoms with Gasteiger partial charge in [-0.15, -0.1) is 0 Å². The van der Waals surface area contributed by atoms with Gasteiger partial charge in [-0.05, 0) is 30.0 Å². The van der Waals surface area contributed by atoms with Crippen molar-refractivity contribution in [3.8, 4) is 5.75 Å². The standard InChI is InChI=1S/C9H11NO/c10-7-4-6-2-1-3-9(11)8(6)5-7/h1-3,7,11H,4-5,10H2. The van der Waals surface area contributed by atoms with E-state index in [0.29, 0.717) is 5.75 Å². The molecule has 1 atom stereocenters. The number of nitrogens with two attached hydrogens (primary N) is 1. The highest BCUT2D eigenvalue weighted by Gasteiger charge is 2.19. The quantitative estimate of drug-likeness (QED) is 0.573. The first-order chi connectivity index (χ1) is 5.27. The molecule has 3 N–H and O–H groups in total. The molecule has 1 unspecified atom stereocenters. The molecule has 0 bridgehead atoms. The van der Waals surface area contributed by atoms with Crippen LogP contribution in [0.4, 0.5) is 0 Å². The molecule has 1 aliphatic carbocycles. The summed E-state index contributed by atoms with van der Waals surface area (Å²) in [7, 11) is 0. The monoisotopic (exact) mass is 149 g/mol. The van der Waals surface area contributed by atoms with Crippen LogP contribution in [-0.4, -0.2) is 11.1 Å². The first-order valence-electron chi connectivity index (χ1n) is 3.82. The highest BCUT2D eigenvalue weighted by molar-refractivity contribution is 5.43. The number of aromatic hydroxyl groups is 1. The van der Waals surface area contributed by atoms with Gasteiger partial charge in [-0.25, -0.2) is 0 Å². The Morgan fingerprint density at radius 3 is 2.91 bits per heavy atom. The molecule has 1 aliphatic rings. The van der Waals surface area contributed by atoms with Crippen LogP contribution in [0.2, 0.25) is 0 Å². The number of hydrogen-bond acceptors (Lipinski definition) is 2. The van der Waals surface area contributed by atoms with Crippen LogP contribution in [0.15, 0.2) is 18.2 Å². The molecule has 11 heavy (non-hydrogen) atoms. The molecule has 2 rings (SSSR count). The molecule has 0 aromatic heterocycles. The summed E-state index contributed by atoms with van der Waals surface area (Å²) in [6.07, 6.45) is 1.73. The molecule has 2 nitrogen and oxygen atoms in total. The van der Waals surface area contributed by atoms with Crippen molar-refractivity contribution in [1.82, 2.24) is 0 Å². The number of hydrogen-bond donors (Lipinski definition) is 2. The summed E-state index contributed by atoms with van der Waals surface area (Å²) in [6, 6.07) is 5.82. The Kier molecular flexibility index (Phi) is 1.36. The van der Waals surface area contributed by atoms with Crippen LogP contribution in [0.1, 0.15) is 11.1 Å². The highest BCUT2D eigenvalue weighted by Crippen LogP contribution is 2.28. The van der Waals surface area contributed by atoms with Gasteiger partial charge in [0.1, 0.15) is 5.75 Å². The van der Waals surface area contributed by atoms with Crippen LogP contribution in [0.5, 0.6) is 5.75 Å². The summed E-state index contributed by atoms with van der Waals surface area (Å²) < 4.78 is 0. The lowest BCUT2D eigenvalue weighted by Gasteiger charge is -1.99. The van der Waals surface area contributed by atoms with Gasteiger partial charge in [-0.1, -0.05) is 12.1 Å². The zero-order valence-corrected chi connectivity index (χ0v) is 6.25. The minimum absolute atomic E-state index is 0.207. The largest absolute Gasteiger partial charge is 0.508 e. The van der Waals surface area contributed by atoms with E-state index in [1.807, 2.05) is 12.1 Å². The molecular weight excluding hydrogens is 138 g/mol. The van der Waals surface area contributed by atoms with E-state index in [4.69, 9.17) is 5.73 Å². The number of phenols is 1. The molecule has 0 saturated carbocycles. The Morgan fingerprint density at radius 1 is 1.36 bits per heavy atom. The third-order valence-electron chi connectivity index (χ3n) is 2.20. The average molecular weight is 149 g/mol. The summed E-state index contributed by atoms with van der Waals surface area (Å²) in [5.41, 5.74) is 7.99. The predicted molar refractivity (Wildman–Crippen MR) is 43.5 cm³/mol. The van der Waals surface area contributed by atoms with E-state index in [0.717, 1.165) is 18.4 Å². The van der Waals surface area contributed by atoms with Crippen molar-refractivity contribution in [2.45, 2.75) is 18.9 Å². The fourth-order valence-corrected chi connectivity index (χ4v) is 1.66. The van der Waals surface area contributed by atoms with Gasteiger partial charge in [0, 0.05) is 6.04 Å². The van der Waals surface area contributed by atoms with Crippen molar-refractivity contribution in [1.29, 1.82) is 0 Å². The minimum atomic E-state index is 0.207. The van der Waals surface area contributed by atoms with Crippen LogP contribution >= 0.6 is 0 Å². The fourth-order valence-electron chi connectivity index (χ4n) is 1.66. The van der Waals surface area contributed by atoms with Gasteiger partial charge in [0.2, 0.25) is 0 Å². The van der Waals surface area contributed by atoms with E-state index >= 15 is 0 Å². The summed E-state index contributed by atoms with van der Waals surface area (Å²) in [4.78, 5) is 0. The molecule has 0 heterocycles. The maximum atomic E-state index is 9.39. The Bertz CT molecular complexity index is 283. The second kappa shape index (κ2) is 2.24. The van der Waals surface area contributed by atoms with E-state index in [1.165, 1.54) is 5.56 Å². The lowest BCUT2D eigenvalue weighted by Crippen LogP contribution is -2.19. The van der Waals surface area contributed by atoms with Gasteiger partial charge in [-0.2, -0.15) is 0 Å². The number of fused-ring (bicyclic) bond motifs is 1. The van der Waals surface area contributed by atoms with E-state index in [1.54, 1.807) is 6.07 Å². The van der Waals surface area contributed by atoms with Crippen molar-refractivity contribution in [2.75, 3.05) is 0 Å². The van der Waals surface area contributed by atoms with E-state index in [9.17, 15) is 5.11 Å². The van der Waals surface area contributed by atoms with Crippen LogP contribution in [-0.2, 0) is 12.8 Å². The van der Waals surface area contributed by atoms with Crippen molar-refractivity contribution >= 4 is 0 Å². The number of rotatable bonds is 0. The third-order valence-corrected chi connectivity index (χ3v) is 2.20. The van der Waals surface area contributed by atoms with Gasteiger partial charge < -0.3 is 10.8 Å². The van der Waals surface area contributed by atoms with Gasteiger partial charge in [0.05, 0.1) is 0 Å². The molecule has 2 heteroatoms. The Labute approximate surface area is 65.7 Å². The van der Waals surface area contributed by atoms with E-state index < -0.39 is 0 Å². The Morgan fingerprint density at radius 2 is 2.18 bits per heavy atom. The summed E-state index contributed by atoms with van der Waals surface area (Å²) in [5.74, 6) is 0.399. The zero-order chi connectivity index (χ0) is 7.84.